The minimum atomic E-state index is -0.0496. The summed E-state index contributed by atoms with van der Waals surface area (Å²) >= 11 is 1.73. The Morgan fingerprint density at radius 3 is 2.50 bits per heavy atom. The molecule has 1 N–H and O–H groups in total. The molecule has 0 spiro atoms. The maximum Gasteiger partial charge on any atom is 0.251 e. The number of amides is 1. The molecule has 0 aliphatic heterocycles. The maximum absolute atomic E-state index is 12.3. The van der Waals surface area contributed by atoms with Crippen LogP contribution < -0.4 is 5.32 Å². The standard InChI is InChI=1S/C22H20N4OS/c27-22(23-14-15-28-19-6-2-1-3-7-19)18-12-10-17(11-13-18)16-26-21-9-5-4-8-20(21)24-25-26/h1-13H,14-16H2,(H,23,27). The Kier molecular flexibility index (Phi) is 5.68. The summed E-state index contributed by atoms with van der Waals surface area (Å²) in [6.07, 6.45) is 0. The molecular weight excluding hydrogens is 368 g/mol. The van der Waals surface area contributed by atoms with Gasteiger partial charge in [0.25, 0.3) is 5.91 Å². The van der Waals surface area contributed by atoms with Crippen molar-refractivity contribution in [3.05, 3.63) is 90.0 Å². The Hall–Kier alpha value is -3.12. The quantitative estimate of drug-likeness (QED) is 0.384. The number of hydrogen-bond donors (Lipinski definition) is 1. The molecule has 0 aliphatic carbocycles. The van der Waals surface area contributed by atoms with E-state index in [1.165, 1.54) is 4.90 Å². The Morgan fingerprint density at radius 2 is 1.68 bits per heavy atom. The van der Waals surface area contributed by atoms with Gasteiger partial charge in [-0.15, -0.1) is 16.9 Å². The normalized spacial score (nSPS) is 10.9. The average Bonchev–Trinajstić information content (AvgIpc) is 3.15. The predicted molar refractivity (Wildman–Crippen MR) is 113 cm³/mol. The van der Waals surface area contributed by atoms with Gasteiger partial charge in [0.05, 0.1) is 12.1 Å². The lowest BCUT2D eigenvalue weighted by Crippen LogP contribution is -2.25. The van der Waals surface area contributed by atoms with E-state index in [4.69, 9.17) is 0 Å². The molecular formula is C22H20N4OS. The van der Waals surface area contributed by atoms with Gasteiger partial charge in [-0.25, -0.2) is 4.68 Å². The number of para-hydroxylation sites is 1. The second-order valence-corrected chi connectivity index (χ2v) is 7.52. The first-order valence-electron chi connectivity index (χ1n) is 9.13. The van der Waals surface area contributed by atoms with Crippen LogP contribution in [0.1, 0.15) is 15.9 Å². The monoisotopic (exact) mass is 388 g/mol. The first-order valence-corrected chi connectivity index (χ1v) is 10.1. The fourth-order valence-electron chi connectivity index (χ4n) is 2.92. The van der Waals surface area contributed by atoms with E-state index in [9.17, 15) is 4.79 Å². The van der Waals surface area contributed by atoms with E-state index in [0.717, 1.165) is 22.3 Å². The molecule has 28 heavy (non-hydrogen) atoms. The summed E-state index contributed by atoms with van der Waals surface area (Å²) < 4.78 is 1.87. The van der Waals surface area contributed by atoms with Gasteiger partial charge in [-0.3, -0.25) is 4.79 Å². The fraction of sp³-hybridized carbons (Fsp3) is 0.136. The van der Waals surface area contributed by atoms with Crippen LogP contribution in [0.15, 0.2) is 83.8 Å². The number of benzene rings is 3. The van der Waals surface area contributed by atoms with E-state index in [-0.39, 0.29) is 5.91 Å². The highest BCUT2D eigenvalue weighted by atomic mass is 32.2. The molecule has 0 radical (unpaired) electrons. The minimum Gasteiger partial charge on any atom is -0.351 e. The highest BCUT2D eigenvalue weighted by Gasteiger charge is 2.07. The molecule has 3 aromatic carbocycles. The molecule has 1 heterocycles. The third-order valence-electron chi connectivity index (χ3n) is 4.37. The summed E-state index contributed by atoms with van der Waals surface area (Å²) in [6, 6.07) is 25.7. The van der Waals surface area contributed by atoms with Crippen molar-refractivity contribution in [1.82, 2.24) is 20.3 Å². The van der Waals surface area contributed by atoms with Gasteiger partial charge in [0.1, 0.15) is 5.52 Å². The molecule has 4 aromatic rings. The number of hydrogen-bond acceptors (Lipinski definition) is 4. The molecule has 0 aliphatic rings. The van der Waals surface area contributed by atoms with Crippen LogP contribution in [0, 0.1) is 0 Å². The molecule has 0 unspecified atom stereocenters. The van der Waals surface area contributed by atoms with Gasteiger partial charge in [-0.05, 0) is 42.0 Å². The van der Waals surface area contributed by atoms with Gasteiger partial charge >= 0.3 is 0 Å². The van der Waals surface area contributed by atoms with Crippen LogP contribution in [-0.2, 0) is 6.54 Å². The van der Waals surface area contributed by atoms with Crippen molar-refractivity contribution in [2.75, 3.05) is 12.3 Å². The third kappa shape index (κ3) is 4.40. The summed E-state index contributed by atoms with van der Waals surface area (Å²) in [7, 11) is 0. The van der Waals surface area contributed by atoms with Crippen molar-refractivity contribution < 1.29 is 4.79 Å². The number of rotatable bonds is 7. The molecule has 0 saturated carbocycles. The lowest BCUT2D eigenvalue weighted by Gasteiger charge is -2.07. The van der Waals surface area contributed by atoms with Crippen molar-refractivity contribution in [2.45, 2.75) is 11.4 Å². The molecule has 6 heteroatoms. The lowest BCUT2D eigenvalue weighted by atomic mass is 10.1. The molecule has 140 valence electrons. The molecule has 0 bridgehead atoms. The van der Waals surface area contributed by atoms with Crippen molar-refractivity contribution in [1.29, 1.82) is 0 Å². The Morgan fingerprint density at radius 1 is 0.929 bits per heavy atom. The first kappa shape index (κ1) is 18.3. The van der Waals surface area contributed by atoms with Gasteiger partial charge < -0.3 is 5.32 Å². The molecule has 0 saturated heterocycles. The van der Waals surface area contributed by atoms with Crippen LogP contribution in [0.3, 0.4) is 0 Å². The van der Waals surface area contributed by atoms with Gasteiger partial charge in [0.2, 0.25) is 0 Å². The minimum absolute atomic E-state index is 0.0496. The number of carbonyl (C=O) groups is 1. The van der Waals surface area contributed by atoms with E-state index in [1.807, 2.05) is 71.4 Å². The number of carbonyl (C=O) groups excluding carboxylic acids is 1. The number of fused-ring (bicyclic) bond motifs is 1. The average molecular weight is 388 g/mol. The Balaban J connectivity index is 1.30. The third-order valence-corrected chi connectivity index (χ3v) is 5.38. The summed E-state index contributed by atoms with van der Waals surface area (Å²) in [6.45, 7) is 1.25. The smallest absolute Gasteiger partial charge is 0.251 e. The van der Waals surface area contributed by atoms with Crippen LogP contribution in [0.25, 0.3) is 11.0 Å². The zero-order chi connectivity index (χ0) is 19.2. The highest BCUT2D eigenvalue weighted by Crippen LogP contribution is 2.16. The molecule has 0 fully saturated rings. The number of nitrogens with one attached hydrogen (secondary N) is 1. The van der Waals surface area contributed by atoms with Crippen LogP contribution >= 0.6 is 11.8 Å². The molecule has 4 rings (SSSR count). The Labute approximate surface area is 167 Å². The number of aromatic nitrogens is 3. The molecule has 1 aromatic heterocycles. The van der Waals surface area contributed by atoms with Gasteiger partial charge in [0, 0.05) is 22.8 Å². The summed E-state index contributed by atoms with van der Waals surface area (Å²) in [5, 5.41) is 11.4. The van der Waals surface area contributed by atoms with E-state index >= 15 is 0 Å². The van der Waals surface area contributed by atoms with Crippen LogP contribution in [-0.4, -0.2) is 33.2 Å². The van der Waals surface area contributed by atoms with Crippen molar-refractivity contribution in [3.63, 3.8) is 0 Å². The molecule has 5 nitrogen and oxygen atoms in total. The topological polar surface area (TPSA) is 59.8 Å². The van der Waals surface area contributed by atoms with E-state index in [0.29, 0.717) is 18.7 Å². The lowest BCUT2D eigenvalue weighted by molar-refractivity contribution is 0.0956. The van der Waals surface area contributed by atoms with E-state index in [2.05, 4.69) is 27.8 Å². The van der Waals surface area contributed by atoms with Crippen LogP contribution in [0.2, 0.25) is 0 Å². The zero-order valence-corrected chi connectivity index (χ0v) is 16.1. The Bertz CT molecular complexity index is 1060. The van der Waals surface area contributed by atoms with Crippen LogP contribution in [0.5, 0.6) is 0 Å². The van der Waals surface area contributed by atoms with Crippen molar-refractivity contribution in [2.24, 2.45) is 0 Å². The van der Waals surface area contributed by atoms with Gasteiger partial charge in [0.15, 0.2) is 0 Å². The van der Waals surface area contributed by atoms with E-state index < -0.39 is 0 Å². The van der Waals surface area contributed by atoms with Gasteiger partial charge in [-0.1, -0.05) is 47.7 Å². The fourth-order valence-corrected chi connectivity index (χ4v) is 3.71. The largest absolute Gasteiger partial charge is 0.351 e. The number of thioether (sulfide) groups is 1. The first-order chi connectivity index (χ1) is 13.8. The number of nitrogens with zero attached hydrogens (tertiary/aromatic N) is 3. The zero-order valence-electron chi connectivity index (χ0n) is 15.3. The molecule has 1 amide bonds. The summed E-state index contributed by atoms with van der Waals surface area (Å²) in [5.41, 5.74) is 3.62. The van der Waals surface area contributed by atoms with Crippen molar-refractivity contribution >= 4 is 28.7 Å². The molecule has 0 atom stereocenters. The maximum atomic E-state index is 12.3. The predicted octanol–water partition coefficient (Wildman–Crippen LogP) is 4.00. The second-order valence-electron chi connectivity index (χ2n) is 6.35. The van der Waals surface area contributed by atoms with E-state index in [1.54, 1.807) is 11.8 Å². The summed E-state index contributed by atoms with van der Waals surface area (Å²) in [4.78, 5) is 13.5. The SMILES string of the molecule is O=C(NCCSc1ccccc1)c1ccc(Cn2nnc3ccccc32)cc1. The highest BCUT2D eigenvalue weighted by molar-refractivity contribution is 7.99. The van der Waals surface area contributed by atoms with Gasteiger partial charge in [-0.2, -0.15) is 0 Å². The summed E-state index contributed by atoms with van der Waals surface area (Å²) in [5.74, 6) is 0.791. The second kappa shape index (κ2) is 8.71. The van der Waals surface area contributed by atoms with Crippen molar-refractivity contribution in [3.8, 4) is 0 Å². The van der Waals surface area contributed by atoms with Crippen LogP contribution in [0.4, 0.5) is 0 Å².